The van der Waals surface area contributed by atoms with Gasteiger partial charge in [-0.2, -0.15) is 0 Å². The highest BCUT2D eigenvalue weighted by atomic mass is 16.6. The van der Waals surface area contributed by atoms with E-state index >= 15 is 0 Å². The average molecular weight is 487 g/mol. The fraction of sp³-hybridized carbons (Fsp3) is 0.154. The highest BCUT2D eigenvalue weighted by Gasteiger charge is 2.47. The van der Waals surface area contributed by atoms with E-state index in [1.54, 1.807) is 43.3 Å². The number of Topliss-reactive ketones (excluding diaryl/α,β-unsaturated/α-hetero) is 1. The van der Waals surface area contributed by atoms with Gasteiger partial charge in [0.1, 0.15) is 5.76 Å². The Bertz CT molecular complexity index is 1350. The fourth-order valence-corrected chi connectivity index (χ4v) is 4.00. The monoisotopic (exact) mass is 487 g/mol. The molecule has 1 N–H and O–H groups in total. The molecule has 1 fully saturated rings. The molecular weight excluding hydrogens is 466 g/mol. The van der Waals surface area contributed by atoms with Crippen molar-refractivity contribution in [1.29, 1.82) is 0 Å². The van der Waals surface area contributed by atoms with Crippen molar-refractivity contribution in [3.63, 3.8) is 0 Å². The number of non-ortho nitro benzene ring substituents is 1. The van der Waals surface area contributed by atoms with Crippen LogP contribution in [0.4, 0.5) is 11.4 Å². The maximum Gasteiger partial charge on any atom is 0.310 e. The summed E-state index contributed by atoms with van der Waals surface area (Å²) in [6.07, 6.45) is 3.08. The first-order valence-electron chi connectivity index (χ1n) is 11.0. The van der Waals surface area contributed by atoms with Crippen LogP contribution in [0.15, 0.2) is 78.6 Å². The van der Waals surface area contributed by atoms with Gasteiger partial charge in [-0.05, 0) is 48.4 Å². The van der Waals surface area contributed by atoms with Gasteiger partial charge in [0.15, 0.2) is 0 Å². The zero-order valence-electron chi connectivity index (χ0n) is 19.2. The summed E-state index contributed by atoms with van der Waals surface area (Å²) in [6, 6.07) is 13.9. The van der Waals surface area contributed by atoms with Crippen LogP contribution in [0.5, 0.6) is 0 Å². The van der Waals surface area contributed by atoms with E-state index < -0.39 is 28.4 Å². The molecule has 10 nitrogen and oxygen atoms in total. The van der Waals surface area contributed by atoms with Gasteiger partial charge in [0.2, 0.25) is 0 Å². The van der Waals surface area contributed by atoms with Crippen LogP contribution in [0.25, 0.3) is 5.76 Å². The molecule has 2 heterocycles. The molecule has 36 heavy (non-hydrogen) atoms. The average Bonchev–Trinajstić information content (AvgIpc) is 3.15. The molecule has 0 radical (unpaired) electrons. The molecule has 1 aliphatic heterocycles. The fourth-order valence-electron chi connectivity index (χ4n) is 4.00. The number of esters is 1. The summed E-state index contributed by atoms with van der Waals surface area (Å²) in [5, 5.41) is 22.0. The lowest BCUT2D eigenvalue weighted by Gasteiger charge is -2.25. The number of hydrogen-bond acceptors (Lipinski definition) is 8. The van der Waals surface area contributed by atoms with Gasteiger partial charge >= 0.3 is 5.97 Å². The SMILES string of the molecule is CCOC(=O)Cc1ccc(N2C(=O)C(=O)/C(=C(\O)c3ccc([N+](=O)[O-])cc3)C2c2cccnc2)cc1. The highest BCUT2D eigenvalue weighted by Crippen LogP contribution is 2.42. The predicted molar refractivity (Wildman–Crippen MR) is 129 cm³/mol. The highest BCUT2D eigenvalue weighted by molar-refractivity contribution is 6.51. The Hall–Kier alpha value is -4.86. The Morgan fingerprint density at radius 2 is 1.81 bits per heavy atom. The summed E-state index contributed by atoms with van der Waals surface area (Å²) in [7, 11) is 0. The van der Waals surface area contributed by atoms with Crippen molar-refractivity contribution in [3.05, 3.63) is 105 Å². The van der Waals surface area contributed by atoms with Gasteiger partial charge in [0, 0.05) is 35.8 Å². The Morgan fingerprint density at radius 1 is 1.11 bits per heavy atom. The van der Waals surface area contributed by atoms with Gasteiger partial charge in [-0.1, -0.05) is 18.2 Å². The van der Waals surface area contributed by atoms with E-state index in [0.717, 1.165) is 0 Å². The molecule has 1 amide bonds. The van der Waals surface area contributed by atoms with Gasteiger partial charge in [-0.25, -0.2) is 0 Å². The van der Waals surface area contributed by atoms with Gasteiger partial charge in [-0.3, -0.25) is 34.4 Å². The maximum atomic E-state index is 13.2. The van der Waals surface area contributed by atoms with Crippen molar-refractivity contribution in [1.82, 2.24) is 4.98 Å². The number of ether oxygens (including phenoxy) is 1. The van der Waals surface area contributed by atoms with Crippen LogP contribution in [-0.2, 0) is 25.5 Å². The van der Waals surface area contributed by atoms with E-state index in [1.807, 2.05) is 0 Å². The molecule has 10 heteroatoms. The normalized spacial score (nSPS) is 16.7. The minimum absolute atomic E-state index is 0.0547. The number of hydrogen-bond donors (Lipinski definition) is 1. The second-order valence-electron chi connectivity index (χ2n) is 7.91. The quantitative estimate of drug-likeness (QED) is 0.133. The lowest BCUT2D eigenvalue weighted by atomic mass is 9.96. The first-order valence-corrected chi connectivity index (χ1v) is 11.0. The zero-order valence-corrected chi connectivity index (χ0v) is 19.2. The Morgan fingerprint density at radius 3 is 2.39 bits per heavy atom. The molecular formula is C26H21N3O7. The molecule has 1 atom stereocenters. The number of pyridine rings is 1. The molecule has 0 aliphatic carbocycles. The third-order valence-electron chi connectivity index (χ3n) is 5.66. The minimum atomic E-state index is -0.996. The number of carbonyl (C=O) groups is 3. The number of benzene rings is 2. The van der Waals surface area contributed by atoms with Crippen LogP contribution in [-0.4, -0.2) is 39.3 Å². The number of rotatable bonds is 7. The van der Waals surface area contributed by atoms with Crippen LogP contribution < -0.4 is 4.90 Å². The summed E-state index contributed by atoms with van der Waals surface area (Å²) in [5.74, 6) is -2.61. The van der Waals surface area contributed by atoms with Crippen LogP contribution in [0.3, 0.4) is 0 Å². The number of ketones is 1. The molecule has 182 valence electrons. The van der Waals surface area contributed by atoms with Crippen molar-refractivity contribution in [2.75, 3.05) is 11.5 Å². The number of aliphatic hydroxyl groups is 1. The molecule has 1 aliphatic rings. The number of nitro benzene ring substituents is 1. The van der Waals surface area contributed by atoms with E-state index in [0.29, 0.717) is 16.8 Å². The zero-order chi connectivity index (χ0) is 25.8. The molecule has 1 saturated heterocycles. The minimum Gasteiger partial charge on any atom is -0.507 e. The lowest BCUT2D eigenvalue weighted by molar-refractivity contribution is -0.384. The van der Waals surface area contributed by atoms with E-state index in [9.17, 15) is 29.6 Å². The number of carbonyl (C=O) groups excluding carboxylic acids is 3. The maximum absolute atomic E-state index is 13.2. The number of amides is 1. The number of nitro groups is 1. The number of anilines is 1. The van der Waals surface area contributed by atoms with Crippen molar-refractivity contribution in [2.45, 2.75) is 19.4 Å². The molecule has 1 aromatic heterocycles. The molecule has 0 bridgehead atoms. The van der Waals surface area contributed by atoms with Crippen molar-refractivity contribution in [3.8, 4) is 0 Å². The van der Waals surface area contributed by atoms with Gasteiger partial charge in [-0.15, -0.1) is 0 Å². The van der Waals surface area contributed by atoms with Gasteiger partial charge in [0.25, 0.3) is 17.4 Å². The Kier molecular flexibility index (Phi) is 6.86. The van der Waals surface area contributed by atoms with E-state index in [2.05, 4.69) is 4.98 Å². The molecule has 0 saturated carbocycles. The van der Waals surface area contributed by atoms with E-state index in [-0.39, 0.29) is 35.8 Å². The van der Waals surface area contributed by atoms with Crippen LogP contribution in [0.2, 0.25) is 0 Å². The summed E-state index contributed by atoms with van der Waals surface area (Å²) >= 11 is 0. The molecule has 3 aromatic rings. The first-order chi connectivity index (χ1) is 17.3. The number of aromatic nitrogens is 1. The van der Waals surface area contributed by atoms with Crippen molar-refractivity contribution < 1.29 is 29.2 Å². The predicted octanol–water partition coefficient (Wildman–Crippen LogP) is 3.72. The largest absolute Gasteiger partial charge is 0.507 e. The number of nitrogens with zero attached hydrogens (tertiary/aromatic N) is 3. The van der Waals surface area contributed by atoms with Crippen LogP contribution in [0.1, 0.15) is 29.7 Å². The van der Waals surface area contributed by atoms with Gasteiger partial charge in [0.05, 0.1) is 29.6 Å². The van der Waals surface area contributed by atoms with Crippen LogP contribution in [0, 0.1) is 10.1 Å². The summed E-state index contributed by atoms with van der Waals surface area (Å²) in [5.41, 5.74) is 1.32. The molecule has 4 rings (SSSR count). The standard InChI is InChI=1S/C26H21N3O7/c1-2-36-21(30)14-16-5-9-19(10-6-16)28-23(18-4-3-13-27-15-18)22(25(32)26(28)33)24(31)17-7-11-20(12-8-17)29(34)35/h3-13,15,23,31H,2,14H2,1H3/b24-22-. The van der Waals surface area contributed by atoms with E-state index in [1.165, 1.54) is 41.6 Å². The molecule has 1 unspecified atom stereocenters. The summed E-state index contributed by atoms with van der Waals surface area (Å²) in [6.45, 7) is 1.98. The Labute approximate surface area is 205 Å². The second kappa shape index (κ2) is 10.2. The molecule has 0 spiro atoms. The smallest absolute Gasteiger partial charge is 0.310 e. The molecule has 2 aromatic carbocycles. The third-order valence-corrected chi connectivity index (χ3v) is 5.66. The van der Waals surface area contributed by atoms with Crippen molar-refractivity contribution in [2.24, 2.45) is 0 Å². The van der Waals surface area contributed by atoms with Crippen LogP contribution >= 0.6 is 0 Å². The summed E-state index contributed by atoms with van der Waals surface area (Å²) < 4.78 is 4.96. The van der Waals surface area contributed by atoms with Gasteiger partial charge < -0.3 is 9.84 Å². The Balaban J connectivity index is 1.78. The first kappa shape index (κ1) is 24.3. The second-order valence-corrected chi connectivity index (χ2v) is 7.91. The number of aliphatic hydroxyl groups excluding tert-OH is 1. The lowest BCUT2D eigenvalue weighted by Crippen LogP contribution is -2.29. The summed E-state index contributed by atoms with van der Waals surface area (Å²) in [4.78, 5) is 53.9. The third kappa shape index (κ3) is 4.69. The van der Waals surface area contributed by atoms with E-state index in [4.69, 9.17) is 4.74 Å². The van der Waals surface area contributed by atoms with Crippen molar-refractivity contribution >= 4 is 34.8 Å². The topological polar surface area (TPSA) is 140 Å².